The van der Waals surface area contributed by atoms with Crippen molar-refractivity contribution < 1.29 is 14.1 Å². The molecule has 2 aromatic carbocycles. The number of rotatable bonds is 4. The molecule has 7 heteroatoms. The summed E-state index contributed by atoms with van der Waals surface area (Å²) in [6.45, 7) is 0. The Hall–Kier alpha value is -2.96. The topological polar surface area (TPSA) is 98.3 Å². The first-order chi connectivity index (χ1) is 9.97. The number of carbonyl (C=O) groups excluding carboxylic acids is 1. The van der Waals surface area contributed by atoms with E-state index in [1.54, 1.807) is 24.3 Å². The number of nitro benzene ring substituents is 1. The lowest BCUT2D eigenvalue weighted by Gasteiger charge is -2.07. The van der Waals surface area contributed by atoms with Crippen molar-refractivity contribution in [1.82, 2.24) is 0 Å². The third-order valence-corrected chi connectivity index (χ3v) is 2.80. The van der Waals surface area contributed by atoms with Gasteiger partial charge in [0.1, 0.15) is 0 Å². The van der Waals surface area contributed by atoms with Crippen molar-refractivity contribution in [2.75, 3.05) is 11.1 Å². The maximum absolute atomic E-state index is 13.6. The van der Waals surface area contributed by atoms with Crippen LogP contribution < -0.4 is 11.1 Å². The van der Waals surface area contributed by atoms with Gasteiger partial charge in [0.15, 0.2) is 11.5 Å². The number of anilines is 2. The van der Waals surface area contributed by atoms with E-state index in [0.29, 0.717) is 11.3 Å². The van der Waals surface area contributed by atoms with Crippen LogP contribution in [0.15, 0.2) is 42.5 Å². The molecule has 0 radical (unpaired) electrons. The largest absolute Gasteiger partial charge is 0.399 e. The van der Waals surface area contributed by atoms with E-state index in [4.69, 9.17) is 5.73 Å². The smallest absolute Gasteiger partial charge is 0.295 e. The Balaban J connectivity index is 2.16. The van der Waals surface area contributed by atoms with Gasteiger partial charge in [-0.3, -0.25) is 14.9 Å². The second-order valence-electron chi connectivity index (χ2n) is 4.36. The third kappa shape index (κ3) is 3.53. The minimum absolute atomic E-state index is 0.0359. The summed E-state index contributed by atoms with van der Waals surface area (Å²) in [6.07, 6.45) is -0.0359. The van der Waals surface area contributed by atoms with E-state index in [9.17, 15) is 19.3 Å². The molecule has 0 heterocycles. The summed E-state index contributed by atoms with van der Waals surface area (Å²) in [4.78, 5) is 21.9. The summed E-state index contributed by atoms with van der Waals surface area (Å²) in [5, 5.41) is 13.1. The average Bonchev–Trinajstić information content (AvgIpc) is 2.43. The molecule has 2 rings (SSSR count). The predicted molar refractivity (Wildman–Crippen MR) is 76.2 cm³/mol. The van der Waals surface area contributed by atoms with Gasteiger partial charge in [0.2, 0.25) is 5.91 Å². The first kappa shape index (κ1) is 14.4. The van der Waals surface area contributed by atoms with E-state index in [2.05, 4.69) is 5.32 Å². The molecule has 0 spiro atoms. The molecule has 0 aromatic heterocycles. The van der Waals surface area contributed by atoms with Crippen molar-refractivity contribution in [2.45, 2.75) is 6.42 Å². The Morgan fingerprint density at radius 1 is 1.24 bits per heavy atom. The fraction of sp³-hybridized carbons (Fsp3) is 0.0714. The highest BCUT2D eigenvalue weighted by Gasteiger charge is 2.19. The highest BCUT2D eigenvalue weighted by molar-refractivity contribution is 5.94. The van der Waals surface area contributed by atoms with Gasteiger partial charge in [-0.2, -0.15) is 0 Å². The number of halogens is 1. The summed E-state index contributed by atoms with van der Waals surface area (Å²) in [6, 6.07) is 9.97. The van der Waals surface area contributed by atoms with Gasteiger partial charge in [-0.1, -0.05) is 18.2 Å². The van der Waals surface area contributed by atoms with Gasteiger partial charge in [-0.25, -0.2) is 4.39 Å². The Kier molecular flexibility index (Phi) is 4.13. The lowest BCUT2D eigenvalue weighted by Crippen LogP contribution is -2.16. The molecule has 0 fully saturated rings. The molecule has 0 saturated carbocycles. The summed E-state index contributed by atoms with van der Waals surface area (Å²) < 4.78 is 13.6. The number of para-hydroxylation sites is 1. The number of nitrogens with two attached hydrogens (primary N) is 1. The van der Waals surface area contributed by atoms with Crippen molar-refractivity contribution in [3.63, 3.8) is 0 Å². The van der Waals surface area contributed by atoms with Gasteiger partial charge < -0.3 is 11.1 Å². The highest BCUT2D eigenvalue weighted by Crippen LogP contribution is 2.27. The number of benzene rings is 2. The molecule has 1 amide bonds. The Bertz CT molecular complexity index is 686. The number of carbonyl (C=O) groups is 1. The van der Waals surface area contributed by atoms with E-state index < -0.39 is 28.0 Å². The SMILES string of the molecule is Nc1ccc(CC(=O)Nc2c(F)cccc2[N+](=O)[O-])cc1. The fourth-order valence-corrected chi connectivity index (χ4v) is 1.79. The van der Waals surface area contributed by atoms with Crippen molar-refractivity contribution in [1.29, 1.82) is 0 Å². The predicted octanol–water partition coefficient (Wildman–Crippen LogP) is 2.50. The zero-order chi connectivity index (χ0) is 15.4. The van der Waals surface area contributed by atoms with Crippen LogP contribution in [0.1, 0.15) is 5.56 Å². The fourth-order valence-electron chi connectivity index (χ4n) is 1.79. The van der Waals surface area contributed by atoms with Gasteiger partial charge in [0.25, 0.3) is 5.69 Å². The minimum Gasteiger partial charge on any atom is -0.399 e. The second-order valence-corrected chi connectivity index (χ2v) is 4.36. The van der Waals surface area contributed by atoms with Gasteiger partial charge in [0, 0.05) is 11.8 Å². The molecule has 0 atom stereocenters. The van der Waals surface area contributed by atoms with Crippen LogP contribution in [-0.4, -0.2) is 10.8 Å². The molecule has 0 unspecified atom stereocenters. The van der Waals surface area contributed by atoms with E-state index in [-0.39, 0.29) is 6.42 Å². The van der Waals surface area contributed by atoms with Gasteiger partial charge in [0.05, 0.1) is 11.3 Å². The van der Waals surface area contributed by atoms with Crippen LogP contribution in [0, 0.1) is 15.9 Å². The summed E-state index contributed by atoms with van der Waals surface area (Å²) in [5.74, 6) is -1.40. The minimum atomic E-state index is -0.852. The third-order valence-electron chi connectivity index (χ3n) is 2.80. The Morgan fingerprint density at radius 3 is 2.52 bits per heavy atom. The van der Waals surface area contributed by atoms with Crippen LogP contribution in [0.25, 0.3) is 0 Å². The van der Waals surface area contributed by atoms with E-state index in [1.807, 2.05) is 0 Å². The monoisotopic (exact) mass is 289 g/mol. The van der Waals surface area contributed by atoms with Crippen molar-refractivity contribution in [2.24, 2.45) is 0 Å². The molecule has 6 nitrogen and oxygen atoms in total. The molecule has 21 heavy (non-hydrogen) atoms. The zero-order valence-electron chi connectivity index (χ0n) is 10.9. The molecular formula is C14H12FN3O3. The van der Waals surface area contributed by atoms with Crippen LogP contribution in [0.5, 0.6) is 0 Å². The van der Waals surface area contributed by atoms with E-state index in [0.717, 1.165) is 12.1 Å². The molecule has 0 aliphatic rings. The Labute approximate surface area is 119 Å². The number of nitrogens with zero attached hydrogens (tertiary/aromatic N) is 1. The molecule has 2 aromatic rings. The summed E-state index contributed by atoms with van der Waals surface area (Å²) in [5.41, 5.74) is 5.84. The second kappa shape index (κ2) is 6.00. The number of hydrogen-bond donors (Lipinski definition) is 2. The van der Waals surface area contributed by atoms with Crippen molar-refractivity contribution in [3.05, 3.63) is 64.0 Å². The number of nitro groups is 1. The van der Waals surface area contributed by atoms with Gasteiger partial charge in [-0.15, -0.1) is 0 Å². The van der Waals surface area contributed by atoms with Crippen LogP contribution >= 0.6 is 0 Å². The summed E-state index contributed by atoms with van der Waals surface area (Å²) >= 11 is 0. The van der Waals surface area contributed by atoms with Crippen LogP contribution in [0.4, 0.5) is 21.5 Å². The number of nitrogens with one attached hydrogen (secondary N) is 1. The quantitative estimate of drug-likeness (QED) is 0.513. The maximum Gasteiger partial charge on any atom is 0.295 e. The van der Waals surface area contributed by atoms with Gasteiger partial charge >= 0.3 is 0 Å². The van der Waals surface area contributed by atoms with Crippen LogP contribution in [-0.2, 0) is 11.2 Å². The van der Waals surface area contributed by atoms with Crippen molar-refractivity contribution in [3.8, 4) is 0 Å². The Morgan fingerprint density at radius 2 is 1.90 bits per heavy atom. The van der Waals surface area contributed by atoms with Crippen LogP contribution in [0.3, 0.4) is 0 Å². The standard InChI is InChI=1S/C14H12FN3O3/c15-11-2-1-3-12(18(20)21)14(11)17-13(19)8-9-4-6-10(16)7-5-9/h1-7H,8,16H2,(H,17,19). The number of amides is 1. The van der Waals surface area contributed by atoms with Crippen LogP contribution in [0.2, 0.25) is 0 Å². The molecule has 0 aliphatic carbocycles. The maximum atomic E-state index is 13.6. The number of nitrogen functional groups attached to an aromatic ring is 1. The molecule has 0 bridgehead atoms. The molecular weight excluding hydrogens is 277 g/mol. The molecule has 3 N–H and O–H groups in total. The number of hydrogen-bond acceptors (Lipinski definition) is 4. The first-order valence-corrected chi connectivity index (χ1v) is 6.04. The van der Waals surface area contributed by atoms with Gasteiger partial charge in [-0.05, 0) is 23.8 Å². The van der Waals surface area contributed by atoms with Crippen molar-refractivity contribution >= 4 is 23.0 Å². The molecule has 108 valence electrons. The van der Waals surface area contributed by atoms with E-state index in [1.165, 1.54) is 6.07 Å². The highest BCUT2D eigenvalue weighted by atomic mass is 19.1. The summed E-state index contributed by atoms with van der Waals surface area (Å²) in [7, 11) is 0. The molecule has 0 aliphatic heterocycles. The lowest BCUT2D eigenvalue weighted by molar-refractivity contribution is -0.384. The normalized spacial score (nSPS) is 10.1. The lowest BCUT2D eigenvalue weighted by atomic mass is 10.1. The average molecular weight is 289 g/mol. The zero-order valence-corrected chi connectivity index (χ0v) is 10.9. The van der Waals surface area contributed by atoms with E-state index >= 15 is 0 Å². The molecule has 0 saturated heterocycles. The first-order valence-electron chi connectivity index (χ1n) is 6.04.